The van der Waals surface area contributed by atoms with Crippen LogP contribution in [0.2, 0.25) is 0 Å². The highest BCUT2D eigenvalue weighted by Crippen LogP contribution is 2.22. The zero-order valence-electron chi connectivity index (χ0n) is 7.82. The van der Waals surface area contributed by atoms with Crippen molar-refractivity contribution in [2.24, 2.45) is 0 Å². The summed E-state index contributed by atoms with van der Waals surface area (Å²) in [5, 5.41) is 8.80. The van der Waals surface area contributed by atoms with Gasteiger partial charge in [0.05, 0.1) is 17.9 Å². The summed E-state index contributed by atoms with van der Waals surface area (Å²) >= 11 is 0. The number of nitrogens with zero attached hydrogens (tertiary/aromatic N) is 1. The van der Waals surface area contributed by atoms with Gasteiger partial charge in [0.1, 0.15) is 5.76 Å². The highest BCUT2D eigenvalue weighted by Gasteiger charge is 2.02. The van der Waals surface area contributed by atoms with Crippen molar-refractivity contribution < 1.29 is 4.42 Å². The number of benzene rings is 1. The van der Waals surface area contributed by atoms with Gasteiger partial charge < -0.3 is 4.42 Å². The standard InChI is InChI=1S/C12H9NO/c1-9-5-10(8-13)7-11(6-9)12-3-2-4-14-12/h2-7H,1H3. The molecule has 0 saturated heterocycles. The Morgan fingerprint density at radius 2 is 2.14 bits per heavy atom. The molecule has 2 nitrogen and oxygen atoms in total. The molecule has 0 spiro atoms. The number of hydrogen-bond donors (Lipinski definition) is 0. The Balaban J connectivity index is 2.55. The first-order chi connectivity index (χ1) is 6.79. The van der Waals surface area contributed by atoms with E-state index in [2.05, 4.69) is 6.07 Å². The molecule has 0 aliphatic carbocycles. The topological polar surface area (TPSA) is 36.9 Å². The van der Waals surface area contributed by atoms with Crippen LogP contribution in [0.1, 0.15) is 11.1 Å². The third-order valence-corrected chi connectivity index (χ3v) is 2.01. The molecule has 0 aliphatic heterocycles. The number of rotatable bonds is 1. The van der Waals surface area contributed by atoms with E-state index in [4.69, 9.17) is 9.68 Å². The molecule has 0 aliphatic rings. The fraction of sp³-hybridized carbons (Fsp3) is 0.0833. The van der Waals surface area contributed by atoms with E-state index >= 15 is 0 Å². The second kappa shape index (κ2) is 3.39. The molecule has 2 heteroatoms. The molecule has 0 saturated carbocycles. The average molecular weight is 183 g/mol. The third kappa shape index (κ3) is 1.53. The summed E-state index contributed by atoms with van der Waals surface area (Å²) in [6.45, 7) is 1.97. The molecule has 0 fully saturated rings. The minimum absolute atomic E-state index is 0.663. The maximum atomic E-state index is 8.80. The number of aryl methyl sites for hydroxylation is 1. The van der Waals surface area contributed by atoms with Gasteiger partial charge in [0, 0.05) is 5.56 Å². The van der Waals surface area contributed by atoms with E-state index in [0.717, 1.165) is 16.9 Å². The zero-order valence-corrected chi connectivity index (χ0v) is 7.82. The van der Waals surface area contributed by atoms with E-state index in [1.807, 2.05) is 37.3 Å². The first kappa shape index (κ1) is 8.58. The van der Waals surface area contributed by atoms with Crippen LogP contribution in [0.5, 0.6) is 0 Å². The van der Waals surface area contributed by atoms with Crippen molar-refractivity contribution in [1.82, 2.24) is 0 Å². The number of nitriles is 1. The molecule has 0 atom stereocenters. The molecule has 0 radical (unpaired) electrons. The van der Waals surface area contributed by atoms with Crippen LogP contribution in [0.25, 0.3) is 11.3 Å². The molecule has 1 heterocycles. The van der Waals surface area contributed by atoms with E-state index < -0.39 is 0 Å². The summed E-state index contributed by atoms with van der Waals surface area (Å²) in [7, 11) is 0. The molecule has 68 valence electrons. The summed E-state index contributed by atoms with van der Waals surface area (Å²) in [6, 6.07) is 11.5. The Kier molecular flexibility index (Phi) is 2.08. The summed E-state index contributed by atoms with van der Waals surface area (Å²) in [5.41, 5.74) is 2.68. The normalized spacial score (nSPS) is 9.71. The SMILES string of the molecule is Cc1cc(C#N)cc(-c2ccco2)c1. The van der Waals surface area contributed by atoms with Crippen LogP contribution in [0.4, 0.5) is 0 Å². The molecular formula is C12H9NO. The predicted octanol–water partition coefficient (Wildman–Crippen LogP) is 3.13. The number of hydrogen-bond acceptors (Lipinski definition) is 2. The largest absolute Gasteiger partial charge is 0.464 e. The second-order valence-electron chi connectivity index (χ2n) is 3.18. The van der Waals surface area contributed by atoms with Crippen molar-refractivity contribution in [2.45, 2.75) is 6.92 Å². The van der Waals surface area contributed by atoms with Gasteiger partial charge in [0.15, 0.2) is 0 Å². The van der Waals surface area contributed by atoms with Crippen LogP contribution in [0, 0.1) is 18.3 Å². The van der Waals surface area contributed by atoms with Crippen molar-refractivity contribution in [3.05, 3.63) is 47.7 Å². The fourth-order valence-electron chi connectivity index (χ4n) is 1.43. The minimum Gasteiger partial charge on any atom is -0.464 e. The zero-order chi connectivity index (χ0) is 9.97. The molecule has 14 heavy (non-hydrogen) atoms. The molecule has 2 aromatic rings. The first-order valence-corrected chi connectivity index (χ1v) is 4.35. The van der Waals surface area contributed by atoms with Crippen LogP contribution in [-0.2, 0) is 0 Å². The van der Waals surface area contributed by atoms with Crippen molar-refractivity contribution in [2.75, 3.05) is 0 Å². The molecule has 1 aromatic heterocycles. The van der Waals surface area contributed by atoms with E-state index in [-0.39, 0.29) is 0 Å². The summed E-state index contributed by atoms with van der Waals surface area (Å²) < 4.78 is 5.26. The Morgan fingerprint density at radius 3 is 2.79 bits per heavy atom. The molecule has 0 bridgehead atoms. The molecule has 2 rings (SSSR count). The molecule has 0 amide bonds. The quantitative estimate of drug-likeness (QED) is 0.681. The van der Waals surface area contributed by atoms with Gasteiger partial charge in [-0.2, -0.15) is 5.26 Å². The lowest BCUT2D eigenvalue weighted by Gasteiger charge is -1.99. The van der Waals surface area contributed by atoms with Gasteiger partial charge in [-0.05, 0) is 42.8 Å². The smallest absolute Gasteiger partial charge is 0.133 e. The van der Waals surface area contributed by atoms with E-state index in [1.54, 1.807) is 6.26 Å². The molecule has 0 N–H and O–H groups in total. The summed E-state index contributed by atoms with van der Waals surface area (Å²) in [6.07, 6.45) is 1.63. The lowest BCUT2D eigenvalue weighted by Crippen LogP contribution is -1.81. The van der Waals surface area contributed by atoms with Crippen LogP contribution >= 0.6 is 0 Å². The highest BCUT2D eigenvalue weighted by molar-refractivity contribution is 5.61. The van der Waals surface area contributed by atoms with Gasteiger partial charge in [0.25, 0.3) is 0 Å². The van der Waals surface area contributed by atoms with Crippen LogP contribution < -0.4 is 0 Å². The van der Waals surface area contributed by atoms with Crippen molar-refractivity contribution in [1.29, 1.82) is 5.26 Å². The fourth-order valence-corrected chi connectivity index (χ4v) is 1.43. The van der Waals surface area contributed by atoms with Crippen molar-refractivity contribution >= 4 is 0 Å². The maximum absolute atomic E-state index is 8.80. The summed E-state index contributed by atoms with van der Waals surface area (Å²) in [4.78, 5) is 0. The first-order valence-electron chi connectivity index (χ1n) is 4.35. The second-order valence-corrected chi connectivity index (χ2v) is 3.18. The van der Waals surface area contributed by atoms with Crippen molar-refractivity contribution in [3.63, 3.8) is 0 Å². The van der Waals surface area contributed by atoms with E-state index in [1.165, 1.54) is 0 Å². The Bertz CT molecular complexity index is 478. The molecular weight excluding hydrogens is 174 g/mol. The van der Waals surface area contributed by atoms with Gasteiger partial charge in [-0.3, -0.25) is 0 Å². The monoisotopic (exact) mass is 183 g/mol. The Morgan fingerprint density at radius 1 is 1.29 bits per heavy atom. The minimum atomic E-state index is 0.663. The van der Waals surface area contributed by atoms with Gasteiger partial charge >= 0.3 is 0 Å². The number of furan rings is 1. The van der Waals surface area contributed by atoms with Gasteiger partial charge in [-0.25, -0.2) is 0 Å². The Hall–Kier alpha value is -2.01. The van der Waals surface area contributed by atoms with Gasteiger partial charge in [-0.1, -0.05) is 0 Å². The highest BCUT2D eigenvalue weighted by atomic mass is 16.3. The predicted molar refractivity (Wildman–Crippen MR) is 53.6 cm³/mol. The van der Waals surface area contributed by atoms with Gasteiger partial charge in [0.2, 0.25) is 0 Å². The van der Waals surface area contributed by atoms with Crippen LogP contribution in [0.15, 0.2) is 41.0 Å². The summed E-state index contributed by atoms with van der Waals surface area (Å²) in [5.74, 6) is 0.796. The van der Waals surface area contributed by atoms with E-state index in [9.17, 15) is 0 Å². The average Bonchev–Trinajstić information content (AvgIpc) is 2.69. The van der Waals surface area contributed by atoms with Crippen LogP contribution in [-0.4, -0.2) is 0 Å². The third-order valence-electron chi connectivity index (χ3n) is 2.01. The van der Waals surface area contributed by atoms with Gasteiger partial charge in [-0.15, -0.1) is 0 Å². The Labute approximate surface area is 82.4 Å². The lowest BCUT2D eigenvalue weighted by atomic mass is 10.1. The maximum Gasteiger partial charge on any atom is 0.133 e. The van der Waals surface area contributed by atoms with Crippen molar-refractivity contribution in [3.8, 4) is 17.4 Å². The molecule has 1 aromatic carbocycles. The lowest BCUT2D eigenvalue weighted by molar-refractivity contribution is 0.582. The van der Waals surface area contributed by atoms with Crippen LogP contribution in [0.3, 0.4) is 0 Å². The van der Waals surface area contributed by atoms with E-state index in [0.29, 0.717) is 5.56 Å². The molecule has 0 unspecified atom stereocenters.